The van der Waals surface area contributed by atoms with Gasteiger partial charge in [-0.15, -0.1) is 0 Å². The van der Waals surface area contributed by atoms with Crippen molar-refractivity contribution in [1.82, 2.24) is 29.3 Å². The highest BCUT2D eigenvalue weighted by Gasteiger charge is 2.45. The van der Waals surface area contributed by atoms with Gasteiger partial charge in [-0.3, -0.25) is 19.7 Å². The quantitative estimate of drug-likeness (QED) is 0.378. The van der Waals surface area contributed by atoms with Crippen molar-refractivity contribution in [2.24, 2.45) is 0 Å². The van der Waals surface area contributed by atoms with Crippen LogP contribution in [0.25, 0.3) is 22.6 Å². The third kappa shape index (κ3) is 4.80. The van der Waals surface area contributed by atoms with Gasteiger partial charge in [0.1, 0.15) is 5.69 Å². The first-order valence-electron chi connectivity index (χ1n) is 13.5. The van der Waals surface area contributed by atoms with Gasteiger partial charge in [0, 0.05) is 70.2 Å². The number of fused-ring (bicyclic) bond motifs is 1. The van der Waals surface area contributed by atoms with E-state index in [1.165, 1.54) is 0 Å². The highest BCUT2D eigenvalue weighted by Crippen LogP contribution is 2.35. The third-order valence-corrected chi connectivity index (χ3v) is 8.02. The zero-order valence-corrected chi connectivity index (χ0v) is 21.8. The Morgan fingerprint density at radius 1 is 1.03 bits per heavy atom. The molecule has 2 saturated heterocycles. The van der Waals surface area contributed by atoms with E-state index < -0.39 is 5.67 Å². The average Bonchev–Trinajstić information content (AvgIpc) is 3.34. The van der Waals surface area contributed by atoms with Crippen LogP contribution in [0.4, 0.5) is 4.39 Å². The fraction of sp³-hybridized carbons (Fsp3) is 0.400. The van der Waals surface area contributed by atoms with Crippen LogP contribution in [0, 0.1) is 6.92 Å². The van der Waals surface area contributed by atoms with Gasteiger partial charge in [-0.05, 0) is 61.2 Å². The summed E-state index contributed by atoms with van der Waals surface area (Å²) in [5.41, 5.74) is 3.35. The summed E-state index contributed by atoms with van der Waals surface area (Å²) in [4.78, 5) is 31.0. The molecule has 0 bridgehead atoms. The van der Waals surface area contributed by atoms with Crippen molar-refractivity contribution in [3.8, 4) is 11.5 Å². The van der Waals surface area contributed by atoms with Crippen molar-refractivity contribution in [1.29, 1.82) is 0 Å². The molecule has 0 saturated carbocycles. The van der Waals surface area contributed by atoms with Crippen molar-refractivity contribution in [3.63, 3.8) is 0 Å². The van der Waals surface area contributed by atoms with Crippen LogP contribution in [0.15, 0.2) is 67.1 Å². The second-order valence-corrected chi connectivity index (χ2v) is 10.6. The number of amides is 1. The Morgan fingerprint density at radius 3 is 2.55 bits per heavy atom. The van der Waals surface area contributed by atoms with Gasteiger partial charge < -0.3 is 9.47 Å². The molecule has 0 unspecified atom stereocenters. The van der Waals surface area contributed by atoms with Gasteiger partial charge >= 0.3 is 0 Å². The molecule has 0 radical (unpaired) electrons. The number of halogens is 1. The van der Waals surface area contributed by atoms with Gasteiger partial charge in [0.15, 0.2) is 11.5 Å². The minimum absolute atomic E-state index is 0.167. The lowest BCUT2D eigenvalue weighted by molar-refractivity contribution is -0.148. The predicted octanol–water partition coefficient (Wildman–Crippen LogP) is 4.97. The monoisotopic (exact) mass is 512 g/mol. The Kier molecular flexibility index (Phi) is 6.66. The van der Waals surface area contributed by atoms with E-state index in [0.29, 0.717) is 26.2 Å². The molecule has 196 valence electrons. The molecule has 2 fully saturated rings. The van der Waals surface area contributed by atoms with Gasteiger partial charge in [0.05, 0.1) is 11.0 Å². The highest BCUT2D eigenvalue weighted by atomic mass is 19.1. The summed E-state index contributed by atoms with van der Waals surface area (Å²) in [6, 6.07) is 16.3. The van der Waals surface area contributed by atoms with Gasteiger partial charge in [-0.1, -0.05) is 18.2 Å². The number of likely N-dealkylation sites (tertiary alicyclic amines) is 2. The number of aromatic nitrogens is 4. The molecule has 2 aliphatic heterocycles. The summed E-state index contributed by atoms with van der Waals surface area (Å²) in [5.74, 6) is 0.506. The Labute approximate surface area is 222 Å². The molecule has 0 N–H and O–H groups in total. The normalized spacial score (nSPS) is 18.6. The minimum atomic E-state index is -1.78. The summed E-state index contributed by atoms with van der Waals surface area (Å²) >= 11 is 0. The molecule has 2 aliphatic rings. The summed E-state index contributed by atoms with van der Waals surface area (Å²) < 4.78 is 18.2. The van der Waals surface area contributed by atoms with E-state index >= 15 is 4.39 Å². The number of alkyl halides is 1. The molecule has 1 amide bonds. The van der Waals surface area contributed by atoms with Crippen molar-refractivity contribution >= 4 is 16.9 Å². The van der Waals surface area contributed by atoms with E-state index in [0.717, 1.165) is 53.1 Å². The molecule has 0 spiro atoms. The molecular formula is C30H33FN6O. The summed E-state index contributed by atoms with van der Waals surface area (Å²) in [5, 5.41) is 0. The van der Waals surface area contributed by atoms with Crippen LogP contribution in [0.2, 0.25) is 0 Å². The fourth-order valence-corrected chi connectivity index (χ4v) is 5.89. The largest absolute Gasteiger partial charge is 0.340 e. The second-order valence-electron chi connectivity index (χ2n) is 10.6. The topological polar surface area (TPSA) is 67.2 Å². The van der Waals surface area contributed by atoms with E-state index in [4.69, 9.17) is 4.98 Å². The number of piperidine rings is 2. The molecule has 8 heteroatoms. The highest BCUT2D eigenvalue weighted by molar-refractivity contribution is 5.85. The summed E-state index contributed by atoms with van der Waals surface area (Å²) in [6.07, 6.45) is 7.37. The molecule has 6 rings (SSSR count). The van der Waals surface area contributed by atoms with E-state index in [9.17, 15) is 4.79 Å². The molecule has 4 aromatic rings. The summed E-state index contributed by atoms with van der Waals surface area (Å²) in [7, 11) is 0. The minimum Gasteiger partial charge on any atom is -0.340 e. The van der Waals surface area contributed by atoms with Crippen molar-refractivity contribution in [3.05, 3.63) is 78.2 Å². The SMILES string of the molecule is Cc1ccc2c(c1)nc(-c1ccccn1)n2C1CCN(C(=O)C2(F)CCN(Cc3cccnc3)CC2)CC1. The zero-order chi connectivity index (χ0) is 26.1. The van der Waals surface area contributed by atoms with Crippen LogP contribution in [-0.4, -0.2) is 67.1 Å². The predicted molar refractivity (Wildman–Crippen MR) is 145 cm³/mol. The maximum Gasteiger partial charge on any atom is 0.260 e. The van der Waals surface area contributed by atoms with Crippen LogP contribution < -0.4 is 0 Å². The first kappa shape index (κ1) is 24.7. The first-order chi connectivity index (χ1) is 18.5. The van der Waals surface area contributed by atoms with Gasteiger partial charge in [0.25, 0.3) is 5.91 Å². The molecule has 1 aromatic carbocycles. The van der Waals surface area contributed by atoms with Crippen LogP contribution in [-0.2, 0) is 11.3 Å². The van der Waals surface area contributed by atoms with Crippen LogP contribution in [0.3, 0.4) is 0 Å². The Morgan fingerprint density at radius 2 is 1.84 bits per heavy atom. The second kappa shape index (κ2) is 10.3. The lowest BCUT2D eigenvalue weighted by atomic mass is 9.90. The molecule has 3 aromatic heterocycles. The molecule has 7 nitrogen and oxygen atoms in total. The van der Waals surface area contributed by atoms with E-state index in [1.54, 1.807) is 17.3 Å². The number of hydrogen-bond donors (Lipinski definition) is 0. The molecule has 0 aliphatic carbocycles. The van der Waals surface area contributed by atoms with E-state index in [1.807, 2.05) is 36.5 Å². The first-order valence-corrected chi connectivity index (χ1v) is 13.5. The Hall–Kier alpha value is -3.65. The number of carbonyl (C=O) groups excluding carboxylic acids is 1. The van der Waals surface area contributed by atoms with E-state index in [2.05, 4.69) is 44.6 Å². The van der Waals surface area contributed by atoms with Crippen LogP contribution in [0.5, 0.6) is 0 Å². The van der Waals surface area contributed by atoms with Gasteiger partial charge in [0.2, 0.25) is 0 Å². The lowest BCUT2D eigenvalue weighted by Gasteiger charge is -2.40. The lowest BCUT2D eigenvalue weighted by Crippen LogP contribution is -2.53. The average molecular weight is 513 g/mol. The van der Waals surface area contributed by atoms with Crippen molar-refractivity contribution in [2.45, 2.75) is 50.9 Å². The third-order valence-electron chi connectivity index (χ3n) is 8.02. The van der Waals surface area contributed by atoms with Crippen LogP contribution >= 0.6 is 0 Å². The molecule has 0 atom stereocenters. The van der Waals surface area contributed by atoms with E-state index in [-0.39, 0.29) is 24.8 Å². The number of carbonyl (C=O) groups is 1. The number of hydrogen-bond acceptors (Lipinski definition) is 5. The number of rotatable bonds is 5. The fourth-order valence-electron chi connectivity index (χ4n) is 5.89. The smallest absolute Gasteiger partial charge is 0.260 e. The van der Waals surface area contributed by atoms with Crippen LogP contribution in [0.1, 0.15) is 42.9 Å². The summed E-state index contributed by atoms with van der Waals surface area (Å²) in [6.45, 7) is 5.03. The Balaban J connectivity index is 1.14. The number of pyridine rings is 2. The number of aryl methyl sites for hydroxylation is 1. The molecule has 5 heterocycles. The number of imidazole rings is 1. The van der Waals surface area contributed by atoms with Crippen molar-refractivity contribution < 1.29 is 9.18 Å². The maximum absolute atomic E-state index is 15.9. The Bertz CT molecular complexity index is 1410. The molecular weight excluding hydrogens is 479 g/mol. The standard InChI is InChI=1S/C30H33FN6O/c1-22-7-8-27-26(19-22)34-28(25-6-2-3-14-33-25)37(27)24-9-15-36(16-10-24)29(38)30(31)11-17-35(18-12-30)21-23-5-4-13-32-20-23/h2-8,13-14,19-20,24H,9-12,15-18,21H2,1H3. The number of benzene rings is 1. The van der Waals surface area contributed by atoms with Gasteiger partial charge in [-0.2, -0.15) is 0 Å². The zero-order valence-electron chi connectivity index (χ0n) is 21.8. The maximum atomic E-state index is 15.9. The number of nitrogens with zero attached hydrogens (tertiary/aromatic N) is 6. The van der Waals surface area contributed by atoms with Crippen molar-refractivity contribution in [2.75, 3.05) is 26.2 Å². The molecule has 38 heavy (non-hydrogen) atoms. The van der Waals surface area contributed by atoms with Gasteiger partial charge in [-0.25, -0.2) is 9.37 Å².